The minimum atomic E-state index is -1.17. The van der Waals surface area contributed by atoms with Crippen LogP contribution in [0.4, 0.5) is 0 Å². The second-order valence-corrected chi connectivity index (χ2v) is 5.36. The molecule has 1 aromatic rings. The van der Waals surface area contributed by atoms with E-state index >= 15 is 0 Å². The van der Waals surface area contributed by atoms with Gasteiger partial charge in [-0.25, -0.2) is 9.59 Å². The van der Waals surface area contributed by atoms with Crippen LogP contribution in [0.15, 0.2) is 53.6 Å². The number of fused-ring (bicyclic) bond motifs is 1. The lowest BCUT2D eigenvalue weighted by atomic mass is 9.79. The molecule has 1 fully saturated rings. The molecule has 112 valence electrons. The van der Waals surface area contributed by atoms with Gasteiger partial charge in [0.05, 0.1) is 17.1 Å². The zero-order valence-corrected chi connectivity index (χ0v) is 12.5. The van der Waals surface area contributed by atoms with Crippen LogP contribution in [0.3, 0.4) is 0 Å². The normalized spacial score (nSPS) is 26.7. The van der Waals surface area contributed by atoms with Gasteiger partial charge in [0.15, 0.2) is 0 Å². The topological polar surface area (TPSA) is 52.6 Å². The highest BCUT2D eigenvalue weighted by molar-refractivity contribution is 6.05. The number of hydrogen-bond acceptors (Lipinski definition) is 4. The first-order chi connectivity index (χ1) is 10.6. The smallest absolute Gasteiger partial charge is 0.338 e. The Morgan fingerprint density at radius 3 is 2.64 bits per heavy atom. The molecule has 1 aliphatic carbocycles. The lowest BCUT2D eigenvalue weighted by molar-refractivity contribution is -0.211. The molecule has 0 spiro atoms. The first-order valence-corrected chi connectivity index (χ1v) is 7.20. The van der Waals surface area contributed by atoms with Crippen LogP contribution in [-0.4, -0.2) is 24.3 Å². The largest absolute Gasteiger partial charge is 0.429 e. The van der Waals surface area contributed by atoms with E-state index in [-0.39, 0.29) is 0 Å². The molecule has 22 heavy (non-hydrogen) atoms. The summed E-state index contributed by atoms with van der Waals surface area (Å²) in [6.07, 6.45) is 3.45. The zero-order chi connectivity index (χ0) is 15.7. The van der Waals surface area contributed by atoms with Gasteiger partial charge >= 0.3 is 5.97 Å². The monoisotopic (exact) mass is 296 g/mol. The molecule has 0 saturated carbocycles. The van der Waals surface area contributed by atoms with Gasteiger partial charge in [-0.2, -0.15) is 0 Å². The van der Waals surface area contributed by atoms with Crippen molar-refractivity contribution in [1.29, 1.82) is 0 Å². The zero-order valence-electron chi connectivity index (χ0n) is 12.5. The number of esters is 1. The third-order valence-corrected chi connectivity index (χ3v) is 3.99. The van der Waals surface area contributed by atoms with E-state index in [1.807, 2.05) is 43.2 Å². The Hall–Kier alpha value is -2.42. The molecule has 1 saturated heterocycles. The van der Waals surface area contributed by atoms with E-state index in [4.69, 9.17) is 9.47 Å². The van der Waals surface area contributed by atoms with Gasteiger partial charge in [-0.15, -0.1) is 0 Å². The number of hydrogen-bond donors (Lipinski definition) is 0. The van der Waals surface area contributed by atoms with E-state index in [0.717, 1.165) is 11.1 Å². The van der Waals surface area contributed by atoms with Crippen molar-refractivity contribution in [3.05, 3.63) is 59.2 Å². The lowest BCUT2D eigenvalue weighted by Crippen LogP contribution is -2.37. The standard InChI is InChI=1S/C18H16O4/c1-3-21-18(2)16-13(11-19)9-10-14(15(16)17(20)22-18)12-7-5-4-6-8-12/h4-10,16H,3H2,1-2H3. The molecule has 4 nitrogen and oxygen atoms in total. The van der Waals surface area contributed by atoms with Gasteiger partial charge in [0.25, 0.3) is 0 Å². The SMILES string of the molecule is CCOC1(C)OC(=O)C2=C(c3ccccc3)C=CC(=C=O)C21. The fourth-order valence-corrected chi connectivity index (χ4v) is 3.10. The molecule has 2 unspecified atom stereocenters. The van der Waals surface area contributed by atoms with Gasteiger partial charge in [0, 0.05) is 13.5 Å². The molecule has 0 N–H and O–H groups in total. The summed E-state index contributed by atoms with van der Waals surface area (Å²) in [6.45, 7) is 3.89. The predicted molar refractivity (Wildman–Crippen MR) is 81.3 cm³/mol. The molecule has 1 aliphatic heterocycles. The highest BCUT2D eigenvalue weighted by Gasteiger charge is 2.54. The number of cyclic esters (lactones) is 1. The highest BCUT2D eigenvalue weighted by Crippen LogP contribution is 2.47. The van der Waals surface area contributed by atoms with E-state index in [2.05, 4.69) is 0 Å². The Morgan fingerprint density at radius 2 is 2.00 bits per heavy atom. The predicted octanol–water partition coefficient (Wildman–Crippen LogP) is 2.69. The third kappa shape index (κ3) is 2.13. The van der Waals surface area contributed by atoms with Crippen molar-refractivity contribution in [3.63, 3.8) is 0 Å². The van der Waals surface area contributed by atoms with Crippen LogP contribution < -0.4 is 0 Å². The first kappa shape index (κ1) is 14.5. The Labute approximate surface area is 128 Å². The fraction of sp³-hybridized carbons (Fsp3) is 0.278. The Morgan fingerprint density at radius 1 is 1.27 bits per heavy atom. The second-order valence-electron chi connectivity index (χ2n) is 5.36. The molecule has 0 amide bonds. The Balaban J connectivity index is 2.20. The van der Waals surface area contributed by atoms with Gasteiger partial charge in [0.2, 0.25) is 5.79 Å². The number of benzene rings is 1. The van der Waals surface area contributed by atoms with Crippen LogP contribution in [-0.2, 0) is 19.1 Å². The number of ether oxygens (including phenoxy) is 2. The third-order valence-electron chi connectivity index (χ3n) is 3.99. The van der Waals surface area contributed by atoms with Crippen LogP contribution in [0.1, 0.15) is 19.4 Å². The summed E-state index contributed by atoms with van der Waals surface area (Å²) in [5.74, 6) is -0.258. The minimum absolute atomic E-state index is 0.372. The Kier molecular flexibility index (Phi) is 3.57. The van der Waals surface area contributed by atoms with Crippen molar-refractivity contribution in [2.45, 2.75) is 19.6 Å². The molecular formula is C18H16O4. The summed E-state index contributed by atoms with van der Waals surface area (Å²) >= 11 is 0. The molecule has 2 atom stereocenters. The molecule has 4 heteroatoms. The number of carbonyl (C=O) groups excluding carboxylic acids is 2. The number of carbonyl (C=O) groups is 1. The first-order valence-electron chi connectivity index (χ1n) is 7.20. The lowest BCUT2D eigenvalue weighted by Gasteiger charge is -2.30. The number of allylic oxidation sites excluding steroid dienone is 3. The molecule has 3 rings (SSSR count). The average molecular weight is 296 g/mol. The van der Waals surface area contributed by atoms with E-state index in [1.54, 1.807) is 19.1 Å². The van der Waals surface area contributed by atoms with E-state index in [9.17, 15) is 9.59 Å². The van der Waals surface area contributed by atoms with Crippen LogP contribution in [0.5, 0.6) is 0 Å². The van der Waals surface area contributed by atoms with Gasteiger partial charge in [0.1, 0.15) is 5.94 Å². The summed E-state index contributed by atoms with van der Waals surface area (Å²) in [7, 11) is 0. The van der Waals surface area contributed by atoms with Crippen LogP contribution in [0, 0.1) is 5.92 Å². The molecule has 1 aromatic carbocycles. The summed E-state index contributed by atoms with van der Waals surface area (Å²) in [5, 5.41) is 0. The maximum atomic E-state index is 12.4. The number of rotatable bonds is 3. The van der Waals surface area contributed by atoms with Gasteiger partial charge in [-0.3, -0.25) is 0 Å². The van der Waals surface area contributed by atoms with Crippen molar-refractivity contribution in [2.24, 2.45) is 5.92 Å². The Bertz CT molecular complexity index is 723. The van der Waals surface area contributed by atoms with Crippen molar-refractivity contribution in [1.82, 2.24) is 0 Å². The maximum absolute atomic E-state index is 12.4. The molecule has 1 heterocycles. The molecular weight excluding hydrogens is 280 g/mol. The van der Waals surface area contributed by atoms with Crippen molar-refractivity contribution >= 4 is 17.5 Å². The highest BCUT2D eigenvalue weighted by atomic mass is 16.7. The van der Waals surface area contributed by atoms with Crippen molar-refractivity contribution in [2.75, 3.05) is 6.61 Å². The maximum Gasteiger partial charge on any atom is 0.338 e. The van der Waals surface area contributed by atoms with Crippen molar-refractivity contribution < 1.29 is 19.1 Å². The summed E-state index contributed by atoms with van der Waals surface area (Å²) < 4.78 is 11.1. The van der Waals surface area contributed by atoms with Gasteiger partial charge in [-0.05, 0) is 24.1 Å². The van der Waals surface area contributed by atoms with Gasteiger partial charge in [-0.1, -0.05) is 36.4 Å². The molecule has 0 radical (unpaired) electrons. The van der Waals surface area contributed by atoms with Crippen molar-refractivity contribution in [3.8, 4) is 0 Å². The quantitative estimate of drug-likeness (QED) is 0.635. The molecule has 0 bridgehead atoms. The summed E-state index contributed by atoms with van der Waals surface area (Å²) in [6, 6.07) is 9.55. The summed E-state index contributed by atoms with van der Waals surface area (Å²) in [4.78, 5) is 23.7. The van der Waals surface area contributed by atoms with E-state index < -0.39 is 17.7 Å². The fourth-order valence-electron chi connectivity index (χ4n) is 3.10. The molecule has 2 aliphatic rings. The van der Waals surface area contributed by atoms with Crippen LogP contribution in [0.2, 0.25) is 0 Å². The van der Waals surface area contributed by atoms with E-state index in [0.29, 0.717) is 17.8 Å². The van der Waals surface area contributed by atoms with E-state index in [1.165, 1.54) is 0 Å². The van der Waals surface area contributed by atoms with Crippen LogP contribution >= 0.6 is 0 Å². The second kappa shape index (κ2) is 5.41. The van der Waals surface area contributed by atoms with Gasteiger partial charge < -0.3 is 9.47 Å². The summed E-state index contributed by atoms with van der Waals surface area (Å²) in [5.41, 5.74) is 2.50. The van der Waals surface area contributed by atoms with Crippen LogP contribution in [0.25, 0.3) is 5.57 Å². The minimum Gasteiger partial charge on any atom is -0.429 e. The average Bonchev–Trinajstić information content (AvgIpc) is 2.80. The molecule has 0 aromatic heterocycles.